The van der Waals surface area contributed by atoms with Gasteiger partial charge in [0.1, 0.15) is 0 Å². The molecule has 0 fully saturated rings. The van der Waals surface area contributed by atoms with Gasteiger partial charge in [-0.25, -0.2) is 13.1 Å². The molecule has 0 atom stereocenters. The Morgan fingerprint density at radius 1 is 1.17 bits per heavy atom. The van der Waals surface area contributed by atoms with E-state index in [4.69, 9.17) is 0 Å². The van der Waals surface area contributed by atoms with Gasteiger partial charge in [0.15, 0.2) is 0 Å². The van der Waals surface area contributed by atoms with Crippen LogP contribution in [0.15, 0.2) is 29.2 Å². The molecule has 0 aliphatic rings. The van der Waals surface area contributed by atoms with E-state index >= 15 is 0 Å². The predicted molar refractivity (Wildman–Crippen MR) is 61.8 cm³/mol. The van der Waals surface area contributed by atoms with Crippen LogP contribution in [-0.2, 0) is 10.0 Å². The van der Waals surface area contributed by atoms with E-state index in [0.717, 1.165) is 0 Å². The number of alkyl halides is 3. The highest BCUT2D eigenvalue weighted by atomic mass is 32.2. The minimum Gasteiger partial charge on any atom is -0.388 e. The molecule has 4 nitrogen and oxygen atoms in total. The van der Waals surface area contributed by atoms with Crippen molar-refractivity contribution in [1.82, 2.24) is 4.72 Å². The summed E-state index contributed by atoms with van der Waals surface area (Å²) in [7, 11) is -2.21. The Morgan fingerprint density at radius 2 is 1.72 bits per heavy atom. The topological polar surface area (TPSA) is 58.2 Å². The van der Waals surface area contributed by atoms with Crippen LogP contribution in [0.1, 0.15) is 6.42 Å². The van der Waals surface area contributed by atoms with Crippen LogP contribution in [0.3, 0.4) is 0 Å². The summed E-state index contributed by atoms with van der Waals surface area (Å²) in [5.74, 6) is 0. The number of sulfonamides is 1. The summed E-state index contributed by atoms with van der Waals surface area (Å²) >= 11 is 0. The minimum atomic E-state index is -4.38. The average molecular weight is 282 g/mol. The van der Waals surface area contributed by atoms with E-state index < -0.39 is 29.2 Å². The molecule has 1 aromatic carbocycles. The Hall–Kier alpha value is -1.28. The number of rotatable bonds is 5. The maximum Gasteiger partial charge on any atom is 0.390 e. The van der Waals surface area contributed by atoms with Crippen LogP contribution in [0, 0.1) is 0 Å². The molecule has 0 saturated carbocycles. The fourth-order valence-corrected chi connectivity index (χ4v) is 2.24. The van der Waals surface area contributed by atoms with Crippen LogP contribution < -0.4 is 10.0 Å². The van der Waals surface area contributed by atoms with Gasteiger partial charge in [0.2, 0.25) is 10.0 Å². The Balaban J connectivity index is 2.68. The number of halogens is 3. The van der Waals surface area contributed by atoms with Crippen LogP contribution in [0.2, 0.25) is 0 Å². The van der Waals surface area contributed by atoms with E-state index in [1.807, 2.05) is 4.72 Å². The first-order valence-corrected chi connectivity index (χ1v) is 6.57. The van der Waals surface area contributed by atoms with Crippen LogP contribution in [0.25, 0.3) is 0 Å². The Bertz CT molecular complexity index is 483. The van der Waals surface area contributed by atoms with Crippen molar-refractivity contribution in [2.45, 2.75) is 17.5 Å². The number of benzene rings is 1. The van der Waals surface area contributed by atoms with Crippen LogP contribution in [0.5, 0.6) is 0 Å². The molecular weight excluding hydrogens is 269 g/mol. The van der Waals surface area contributed by atoms with E-state index in [1.54, 1.807) is 7.05 Å². The van der Waals surface area contributed by atoms with Crippen molar-refractivity contribution in [3.8, 4) is 0 Å². The second-order valence-electron chi connectivity index (χ2n) is 3.54. The van der Waals surface area contributed by atoms with E-state index in [-0.39, 0.29) is 4.90 Å². The molecule has 0 saturated heterocycles. The van der Waals surface area contributed by atoms with Gasteiger partial charge in [0, 0.05) is 19.3 Å². The second-order valence-corrected chi connectivity index (χ2v) is 5.30. The lowest BCUT2D eigenvalue weighted by Gasteiger charge is -2.09. The lowest BCUT2D eigenvalue weighted by atomic mass is 10.3. The van der Waals surface area contributed by atoms with Gasteiger partial charge in [-0.3, -0.25) is 0 Å². The molecular formula is C10H13F3N2O2S. The zero-order valence-corrected chi connectivity index (χ0v) is 10.4. The molecule has 1 rings (SSSR count). The van der Waals surface area contributed by atoms with Crippen LogP contribution >= 0.6 is 0 Å². The third-order valence-corrected chi connectivity index (χ3v) is 3.63. The third-order valence-electron chi connectivity index (χ3n) is 2.15. The molecule has 2 N–H and O–H groups in total. The minimum absolute atomic E-state index is 0.0660. The van der Waals surface area contributed by atoms with Crippen molar-refractivity contribution in [2.24, 2.45) is 0 Å². The summed E-state index contributed by atoms with van der Waals surface area (Å²) in [5, 5.41) is 2.80. The molecule has 18 heavy (non-hydrogen) atoms. The van der Waals surface area contributed by atoms with Crippen molar-refractivity contribution in [2.75, 3.05) is 18.9 Å². The van der Waals surface area contributed by atoms with Crippen molar-refractivity contribution in [3.63, 3.8) is 0 Å². The highest BCUT2D eigenvalue weighted by Gasteiger charge is 2.27. The SMILES string of the molecule is CNc1ccc(S(=O)(=O)NCCC(F)(F)F)cc1. The number of anilines is 1. The highest BCUT2D eigenvalue weighted by Crippen LogP contribution is 2.19. The molecule has 0 heterocycles. The molecule has 0 unspecified atom stereocenters. The molecule has 8 heteroatoms. The normalized spacial score (nSPS) is 12.4. The monoisotopic (exact) mass is 282 g/mol. The third kappa shape index (κ3) is 4.53. The van der Waals surface area contributed by atoms with Gasteiger partial charge in [-0.1, -0.05) is 0 Å². The molecule has 0 radical (unpaired) electrons. The van der Waals surface area contributed by atoms with Crippen molar-refractivity contribution < 1.29 is 21.6 Å². The standard InChI is InChI=1S/C10H13F3N2O2S/c1-14-8-2-4-9(5-3-8)18(16,17)15-7-6-10(11,12)13/h2-5,14-15H,6-7H2,1H3. The Kier molecular flexibility index (Phi) is 4.58. The zero-order valence-electron chi connectivity index (χ0n) is 9.58. The van der Waals surface area contributed by atoms with Crippen LogP contribution in [0.4, 0.5) is 18.9 Å². The lowest BCUT2D eigenvalue weighted by molar-refractivity contribution is -0.132. The van der Waals surface area contributed by atoms with Crippen molar-refractivity contribution in [3.05, 3.63) is 24.3 Å². The molecule has 0 aliphatic carbocycles. The molecule has 0 aromatic heterocycles. The largest absolute Gasteiger partial charge is 0.390 e. The first-order valence-electron chi connectivity index (χ1n) is 5.09. The van der Waals surface area contributed by atoms with E-state index in [2.05, 4.69) is 5.32 Å². The molecule has 0 amide bonds. The molecule has 102 valence electrons. The lowest BCUT2D eigenvalue weighted by Crippen LogP contribution is -2.28. The van der Waals surface area contributed by atoms with Gasteiger partial charge >= 0.3 is 6.18 Å². The van der Waals surface area contributed by atoms with Crippen molar-refractivity contribution >= 4 is 15.7 Å². The maximum atomic E-state index is 11.9. The summed E-state index contributed by atoms with van der Waals surface area (Å²) in [6.45, 7) is -0.667. The first kappa shape index (κ1) is 14.8. The molecule has 1 aromatic rings. The maximum absolute atomic E-state index is 11.9. The van der Waals surface area contributed by atoms with Gasteiger partial charge in [-0.05, 0) is 24.3 Å². The van der Waals surface area contributed by atoms with E-state index in [1.165, 1.54) is 24.3 Å². The molecule has 0 spiro atoms. The van der Waals surface area contributed by atoms with Gasteiger partial charge in [-0.15, -0.1) is 0 Å². The second kappa shape index (κ2) is 5.57. The summed E-state index contributed by atoms with van der Waals surface area (Å²) in [4.78, 5) is -0.0660. The zero-order chi connectivity index (χ0) is 13.8. The predicted octanol–water partition coefficient (Wildman–Crippen LogP) is 1.96. The van der Waals surface area contributed by atoms with Gasteiger partial charge in [0.25, 0.3) is 0 Å². The molecule has 0 bridgehead atoms. The highest BCUT2D eigenvalue weighted by molar-refractivity contribution is 7.89. The summed E-state index contributed by atoms with van der Waals surface area (Å²) in [6.07, 6.45) is -5.57. The number of hydrogen-bond donors (Lipinski definition) is 2. The van der Waals surface area contributed by atoms with Gasteiger partial charge in [-0.2, -0.15) is 13.2 Å². The summed E-state index contributed by atoms with van der Waals surface area (Å²) in [6, 6.07) is 5.69. The quantitative estimate of drug-likeness (QED) is 0.868. The number of hydrogen-bond acceptors (Lipinski definition) is 3. The fourth-order valence-electron chi connectivity index (χ4n) is 1.21. The van der Waals surface area contributed by atoms with Crippen LogP contribution in [-0.4, -0.2) is 28.2 Å². The summed E-state index contributed by atoms with van der Waals surface area (Å²) in [5.41, 5.74) is 0.712. The van der Waals surface area contributed by atoms with Crippen molar-refractivity contribution in [1.29, 1.82) is 0 Å². The Labute approximate surface area is 103 Å². The Morgan fingerprint density at radius 3 is 2.17 bits per heavy atom. The first-order chi connectivity index (χ1) is 8.24. The summed E-state index contributed by atoms with van der Waals surface area (Å²) < 4.78 is 60.8. The number of nitrogens with one attached hydrogen (secondary N) is 2. The van der Waals surface area contributed by atoms with E-state index in [0.29, 0.717) is 5.69 Å². The fraction of sp³-hybridized carbons (Fsp3) is 0.400. The van der Waals surface area contributed by atoms with E-state index in [9.17, 15) is 21.6 Å². The smallest absolute Gasteiger partial charge is 0.388 e. The van der Waals surface area contributed by atoms with Gasteiger partial charge in [0.05, 0.1) is 11.3 Å². The molecule has 0 aliphatic heterocycles. The average Bonchev–Trinajstić information content (AvgIpc) is 2.27. The van der Waals surface area contributed by atoms with Gasteiger partial charge < -0.3 is 5.32 Å².